The van der Waals surface area contributed by atoms with Crippen LogP contribution < -0.4 is 14.8 Å². The third kappa shape index (κ3) is 4.74. The lowest BCUT2D eigenvalue weighted by atomic mass is 10.1. The SMILES string of the molecule is COc1ccc(OC)c(CC(=O)NCCc2ccccc2C)c1. The lowest BCUT2D eigenvalue weighted by molar-refractivity contribution is -0.120. The molecular formula is C19H23NO3. The lowest BCUT2D eigenvalue weighted by Crippen LogP contribution is -2.27. The Labute approximate surface area is 137 Å². The van der Waals surface area contributed by atoms with Gasteiger partial charge < -0.3 is 14.8 Å². The second-order valence-electron chi connectivity index (χ2n) is 5.38. The molecule has 0 spiro atoms. The van der Waals surface area contributed by atoms with Gasteiger partial charge in [0.2, 0.25) is 5.91 Å². The lowest BCUT2D eigenvalue weighted by Gasteiger charge is -2.11. The fourth-order valence-corrected chi connectivity index (χ4v) is 2.48. The summed E-state index contributed by atoms with van der Waals surface area (Å²) in [6, 6.07) is 13.7. The number of ether oxygens (including phenoxy) is 2. The fourth-order valence-electron chi connectivity index (χ4n) is 2.48. The summed E-state index contributed by atoms with van der Waals surface area (Å²) in [6.07, 6.45) is 1.10. The zero-order chi connectivity index (χ0) is 16.7. The van der Waals surface area contributed by atoms with Crippen LogP contribution in [0, 0.1) is 6.92 Å². The molecule has 0 radical (unpaired) electrons. The minimum Gasteiger partial charge on any atom is -0.497 e. The summed E-state index contributed by atoms with van der Waals surface area (Å²) >= 11 is 0. The highest BCUT2D eigenvalue weighted by Gasteiger charge is 2.10. The second kappa shape index (κ2) is 8.22. The third-order valence-corrected chi connectivity index (χ3v) is 3.82. The molecule has 0 saturated carbocycles. The van der Waals surface area contributed by atoms with Crippen LogP contribution in [0.3, 0.4) is 0 Å². The molecule has 1 N–H and O–H groups in total. The van der Waals surface area contributed by atoms with Crippen molar-refractivity contribution in [3.05, 3.63) is 59.2 Å². The number of benzene rings is 2. The first-order valence-electron chi connectivity index (χ1n) is 7.66. The molecule has 0 aromatic heterocycles. The van der Waals surface area contributed by atoms with Gasteiger partial charge in [-0.3, -0.25) is 4.79 Å². The zero-order valence-electron chi connectivity index (χ0n) is 13.9. The molecule has 0 unspecified atom stereocenters. The molecule has 1 amide bonds. The Bertz CT molecular complexity index is 667. The standard InChI is InChI=1S/C19H23NO3/c1-14-6-4-5-7-15(14)10-11-20-19(21)13-16-12-17(22-2)8-9-18(16)23-3/h4-9,12H,10-11,13H2,1-3H3,(H,20,21). The van der Waals surface area contributed by atoms with E-state index < -0.39 is 0 Å². The van der Waals surface area contributed by atoms with Crippen molar-refractivity contribution in [1.29, 1.82) is 0 Å². The van der Waals surface area contributed by atoms with Crippen molar-refractivity contribution >= 4 is 5.91 Å². The fraction of sp³-hybridized carbons (Fsp3) is 0.316. The van der Waals surface area contributed by atoms with Crippen LogP contribution in [0.15, 0.2) is 42.5 Å². The Hall–Kier alpha value is -2.49. The number of nitrogens with one attached hydrogen (secondary N) is 1. The van der Waals surface area contributed by atoms with Gasteiger partial charge in [0, 0.05) is 12.1 Å². The van der Waals surface area contributed by atoms with E-state index in [4.69, 9.17) is 9.47 Å². The second-order valence-corrected chi connectivity index (χ2v) is 5.38. The Morgan fingerprint density at radius 2 is 1.83 bits per heavy atom. The maximum atomic E-state index is 12.1. The Morgan fingerprint density at radius 3 is 2.52 bits per heavy atom. The predicted molar refractivity (Wildman–Crippen MR) is 91.1 cm³/mol. The first-order valence-corrected chi connectivity index (χ1v) is 7.66. The molecule has 0 aliphatic carbocycles. The van der Waals surface area contributed by atoms with Crippen LogP contribution in [0.4, 0.5) is 0 Å². The minimum absolute atomic E-state index is 0.0230. The van der Waals surface area contributed by atoms with Gasteiger partial charge in [0.25, 0.3) is 0 Å². The van der Waals surface area contributed by atoms with E-state index in [2.05, 4.69) is 24.4 Å². The van der Waals surface area contributed by atoms with Crippen molar-refractivity contribution in [2.45, 2.75) is 19.8 Å². The molecule has 2 aromatic rings. The summed E-state index contributed by atoms with van der Waals surface area (Å²) in [4.78, 5) is 12.1. The van der Waals surface area contributed by atoms with Crippen LogP contribution in [-0.4, -0.2) is 26.7 Å². The summed E-state index contributed by atoms with van der Waals surface area (Å²) in [7, 11) is 3.20. The number of amides is 1. The quantitative estimate of drug-likeness (QED) is 0.855. The number of hydrogen-bond donors (Lipinski definition) is 1. The first-order chi connectivity index (χ1) is 11.1. The van der Waals surface area contributed by atoms with Crippen molar-refractivity contribution < 1.29 is 14.3 Å². The number of methoxy groups -OCH3 is 2. The van der Waals surface area contributed by atoms with E-state index in [0.717, 1.165) is 12.0 Å². The minimum atomic E-state index is -0.0230. The molecule has 0 fully saturated rings. The molecule has 122 valence electrons. The maximum Gasteiger partial charge on any atom is 0.224 e. The summed E-state index contributed by atoms with van der Waals surface area (Å²) in [5.74, 6) is 1.39. The van der Waals surface area contributed by atoms with Crippen molar-refractivity contribution in [2.24, 2.45) is 0 Å². The molecule has 0 bridgehead atoms. The highest BCUT2D eigenvalue weighted by atomic mass is 16.5. The summed E-state index contributed by atoms with van der Waals surface area (Å²) in [5, 5.41) is 2.96. The van der Waals surface area contributed by atoms with Gasteiger partial charge in [-0.25, -0.2) is 0 Å². The highest BCUT2D eigenvalue weighted by Crippen LogP contribution is 2.24. The van der Waals surface area contributed by atoms with Crippen LogP contribution >= 0.6 is 0 Å². The predicted octanol–water partition coefficient (Wildman–Crippen LogP) is 2.91. The number of rotatable bonds is 7. The van der Waals surface area contributed by atoms with Gasteiger partial charge in [0.1, 0.15) is 11.5 Å². The summed E-state index contributed by atoms with van der Waals surface area (Å²) < 4.78 is 10.5. The summed E-state index contributed by atoms with van der Waals surface area (Å²) in [6.45, 7) is 2.70. The Balaban J connectivity index is 1.91. The van der Waals surface area contributed by atoms with Crippen LogP contribution in [0.25, 0.3) is 0 Å². The van der Waals surface area contributed by atoms with Crippen molar-refractivity contribution in [2.75, 3.05) is 20.8 Å². The van der Waals surface area contributed by atoms with Gasteiger partial charge in [-0.15, -0.1) is 0 Å². The van der Waals surface area contributed by atoms with Crippen LogP contribution in [0.5, 0.6) is 11.5 Å². The molecule has 23 heavy (non-hydrogen) atoms. The molecule has 4 heteroatoms. The topological polar surface area (TPSA) is 47.6 Å². The molecule has 0 saturated heterocycles. The Morgan fingerprint density at radius 1 is 1.04 bits per heavy atom. The van der Waals surface area contributed by atoms with Crippen LogP contribution in [0.1, 0.15) is 16.7 Å². The molecule has 0 aliphatic rings. The Kier molecular flexibility index (Phi) is 6.03. The monoisotopic (exact) mass is 313 g/mol. The van der Waals surface area contributed by atoms with Crippen molar-refractivity contribution in [3.63, 3.8) is 0 Å². The largest absolute Gasteiger partial charge is 0.497 e. The van der Waals surface area contributed by atoms with Gasteiger partial charge in [-0.05, 0) is 42.7 Å². The molecule has 4 nitrogen and oxygen atoms in total. The van der Waals surface area contributed by atoms with Gasteiger partial charge in [-0.2, -0.15) is 0 Å². The summed E-state index contributed by atoms with van der Waals surface area (Å²) in [5.41, 5.74) is 3.32. The van der Waals surface area contributed by atoms with E-state index in [1.165, 1.54) is 11.1 Å². The first kappa shape index (κ1) is 16.9. The van der Waals surface area contributed by atoms with Gasteiger partial charge in [-0.1, -0.05) is 24.3 Å². The average molecular weight is 313 g/mol. The third-order valence-electron chi connectivity index (χ3n) is 3.82. The molecule has 0 atom stereocenters. The van der Waals surface area contributed by atoms with Gasteiger partial charge in [0.15, 0.2) is 0 Å². The van der Waals surface area contributed by atoms with Gasteiger partial charge >= 0.3 is 0 Å². The molecule has 2 rings (SSSR count). The number of carbonyl (C=O) groups is 1. The van der Waals surface area contributed by atoms with E-state index in [1.54, 1.807) is 14.2 Å². The molecule has 0 heterocycles. The number of carbonyl (C=O) groups excluding carboxylic acids is 1. The zero-order valence-corrected chi connectivity index (χ0v) is 13.9. The molecule has 2 aromatic carbocycles. The number of hydrogen-bond acceptors (Lipinski definition) is 3. The molecular weight excluding hydrogens is 290 g/mol. The van der Waals surface area contributed by atoms with Crippen LogP contribution in [0.2, 0.25) is 0 Å². The van der Waals surface area contributed by atoms with Gasteiger partial charge in [0.05, 0.1) is 20.6 Å². The molecule has 0 aliphatic heterocycles. The van der Waals surface area contributed by atoms with Crippen LogP contribution in [-0.2, 0) is 17.6 Å². The maximum absolute atomic E-state index is 12.1. The van der Waals surface area contributed by atoms with E-state index in [0.29, 0.717) is 18.0 Å². The smallest absolute Gasteiger partial charge is 0.224 e. The number of aryl methyl sites for hydroxylation is 1. The van der Waals surface area contributed by atoms with Crippen molar-refractivity contribution in [1.82, 2.24) is 5.32 Å². The van der Waals surface area contributed by atoms with E-state index in [9.17, 15) is 4.79 Å². The average Bonchev–Trinajstić information content (AvgIpc) is 2.56. The highest BCUT2D eigenvalue weighted by molar-refractivity contribution is 5.79. The van der Waals surface area contributed by atoms with Crippen molar-refractivity contribution in [3.8, 4) is 11.5 Å². The van der Waals surface area contributed by atoms with E-state index in [-0.39, 0.29) is 12.3 Å². The normalized spacial score (nSPS) is 10.2. The van der Waals surface area contributed by atoms with E-state index in [1.807, 2.05) is 30.3 Å². The van der Waals surface area contributed by atoms with E-state index >= 15 is 0 Å².